The van der Waals surface area contributed by atoms with E-state index in [9.17, 15) is 9.59 Å². The number of carbonyl (C=O) groups is 2. The third-order valence-corrected chi connectivity index (χ3v) is 1.96. The second-order valence-electron chi connectivity index (χ2n) is 2.89. The molecule has 12 heavy (non-hydrogen) atoms. The molecule has 0 saturated heterocycles. The van der Waals surface area contributed by atoms with Crippen LogP contribution >= 0.6 is 0 Å². The molecule has 1 saturated carbocycles. The van der Waals surface area contributed by atoms with Gasteiger partial charge in [0.2, 0.25) is 5.91 Å². The highest BCUT2D eigenvalue weighted by Crippen LogP contribution is 2.38. The summed E-state index contributed by atoms with van der Waals surface area (Å²) < 4.78 is 4.84. The molecule has 1 fully saturated rings. The van der Waals surface area contributed by atoms with Crippen LogP contribution in [0.25, 0.3) is 0 Å². The van der Waals surface area contributed by atoms with Gasteiger partial charge in [0.15, 0.2) is 5.54 Å². The van der Waals surface area contributed by atoms with Crippen LogP contribution in [-0.4, -0.2) is 35.7 Å². The third-order valence-electron chi connectivity index (χ3n) is 1.96. The number of hydrogen-bond donors (Lipinski definition) is 2. The topological polar surface area (TPSA) is 75.6 Å². The summed E-state index contributed by atoms with van der Waals surface area (Å²) in [5.74, 6) is -1.39. The summed E-state index contributed by atoms with van der Waals surface area (Å²) >= 11 is 0. The van der Waals surface area contributed by atoms with Crippen molar-refractivity contribution in [3.05, 3.63) is 0 Å². The normalized spacial score (nSPS) is 32.7. The monoisotopic (exact) mass is 173 g/mol. The molecule has 5 nitrogen and oxygen atoms in total. The Hall–Kier alpha value is -1.10. The molecule has 1 rings (SSSR count). The van der Waals surface area contributed by atoms with Crippen LogP contribution in [0.4, 0.5) is 0 Å². The first kappa shape index (κ1) is 8.99. The first-order chi connectivity index (χ1) is 5.53. The van der Waals surface area contributed by atoms with Crippen molar-refractivity contribution in [2.45, 2.75) is 25.0 Å². The van der Waals surface area contributed by atoms with Crippen LogP contribution in [-0.2, 0) is 14.3 Å². The minimum Gasteiger partial charge on any atom is -0.479 e. The van der Waals surface area contributed by atoms with Gasteiger partial charge in [-0.1, -0.05) is 0 Å². The molecular weight excluding hydrogens is 162 g/mol. The van der Waals surface area contributed by atoms with Gasteiger partial charge in [-0.2, -0.15) is 0 Å². The number of aliphatic carboxylic acids is 1. The van der Waals surface area contributed by atoms with E-state index < -0.39 is 11.5 Å². The molecule has 0 aliphatic heterocycles. The average molecular weight is 173 g/mol. The summed E-state index contributed by atoms with van der Waals surface area (Å²) in [4.78, 5) is 21.3. The van der Waals surface area contributed by atoms with Crippen LogP contribution in [0, 0.1) is 0 Å². The van der Waals surface area contributed by atoms with Gasteiger partial charge < -0.3 is 15.2 Å². The minimum absolute atomic E-state index is 0.346. The van der Waals surface area contributed by atoms with E-state index in [-0.39, 0.29) is 12.0 Å². The van der Waals surface area contributed by atoms with Gasteiger partial charge in [-0.05, 0) is 0 Å². The van der Waals surface area contributed by atoms with Crippen molar-refractivity contribution in [3.63, 3.8) is 0 Å². The van der Waals surface area contributed by atoms with E-state index in [1.54, 1.807) is 0 Å². The zero-order chi connectivity index (χ0) is 9.35. The number of hydrogen-bond acceptors (Lipinski definition) is 3. The van der Waals surface area contributed by atoms with Crippen molar-refractivity contribution in [2.75, 3.05) is 7.11 Å². The van der Waals surface area contributed by atoms with Gasteiger partial charge in [0, 0.05) is 20.5 Å². The first-order valence-electron chi connectivity index (χ1n) is 3.58. The molecule has 0 bridgehead atoms. The van der Waals surface area contributed by atoms with Crippen molar-refractivity contribution in [1.82, 2.24) is 5.32 Å². The molecule has 2 unspecified atom stereocenters. The molecule has 1 aliphatic rings. The highest BCUT2D eigenvalue weighted by Gasteiger charge is 2.62. The summed E-state index contributed by atoms with van der Waals surface area (Å²) in [7, 11) is 1.43. The number of carboxylic acids is 1. The molecule has 1 aliphatic carbocycles. The number of carbonyl (C=O) groups excluding carboxylic acids is 1. The highest BCUT2D eigenvalue weighted by molar-refractivity contribution is 5.90. The molecule has 0 radical (unpaired) electrons. The van der Waals surface area contributed by atoms with Crippen molar-refractivity contribution in [1.29, 1.82) is 0 Å². The number of ether oxygens (including phenoxy) is 1. The summed E-state index contributed by atoms with van der Waals surface area (Å²) in [6.45, 7) is 1.29. The van der Waals surface area contributed by atoms with Crippen LogP contribution in [0.2, 0.25) is 0 Å². The van der Waals surface area contributed by atoms with Crippen LogP contribution in [0.5, 0.6) is 0 Å². The van der Waals surface area contributed by atoms with Crippen LogP contribution in [0.3, 0.4) is 0 Å². The van der Waals surface area contributed by atoms with E-state index >= 15 is 0 Å². The summed E-state index contributed by atoms with van der Waals surface area (Å²) in [5, 5.41) is 11.1. The maximum absolute atomic E-state index is 10.7. The molecule has 1 amide bonds. The quantitative estimate of drug-likeness (QED) is 0.595. The fraction of sp³-hybridized carbons (Fsp3) is 0.714. The lowest BCUT2D eigenvalue weighted by Crippen LogP contribution is -2.45. The van der Waals surface area contributed by atoms with Crippen molar-refractivity contribution >= 4 is 11.9 Å². The second kappa shape index (κ2) is 2.75. The van der Waals surface area contributed by atoms with Gasteiger partial charge in [-0.25, -0.2) is 4.79 Å². The number of nitrogens with one attached hydrogen (secondary N) is 1. The SMILES string of the molecule is COC1CC1(NC(C)=O)C(=O)O. The molecule has 0 aromatic rings. The van der Waals surface area contributed by atoms with E-state index in [4.69, 9.17) is 9.84 Å². The molecule has 2 atom stereocenters. The third kappa shape index (κ3) is 1.27. The Kier molecular flexibility index (Phi) is 2.06. The smallest absolute Gasteiger partial charge is 0.332 e. The lowest BCUT2D eigenvalue weighted by Gasteiger charge is -2.11. The fourth-order valence-corrected chi connectivity index (χ4v) is 1.24. The van der Waals surface area contributed by atoms with Crippen LogP contribution in [0.1, 0.15) is 13.3 Å². The van der Waals surface area contributed by atoms with E-state index in [0.29, 0.717) is 6.42 Å². The number of carboxylic acid groups (broad SMARTS) is 1. The lowest BCUT2D eigenvalue weighted by atomic mass is 10.2. The summed E-state index contributed by atoms with van der Waals surface area (Å²) in [6, 6.07) is 0. The Morgan fingerprint density at radius 3 is 2.50 bits per heavy atom. The molecule has 0 aromatic heterocycles. The molecule has 0 aromatic carbocycles. The van der Waals surface area contributed by atoms with E-state index in [1.165, 1.54) is 14.0 Å². The van der Waals surface area contributed by atoms with E-state index in [1.807, 2.05) is 0 Å². The molecule has 0 spiro atoms. The molecule has 2 N–H and O–H groups in total. The highest BCUT2D eigenvalue weighted by atomic mass is 16.5. The van der Waals surface area contributed by atoms with Gasteiger partial charge in [0.05, 0.1) is 6.10 Å². The fourth-order valence-electron chi connectivity index (χ4n) is 1.24. The Morgan fingerprint density at radius 2 is 2.25 bits per heavy atom. The van der Waals surface area contributed by atoms with Crippen molar-refractivity contribution < 1.29 is 19.4 Å². The van der Waals surface area contributed by atoms with Gasteiger partial charge in [0.25, 0.3) is 0 Å². The Labute approximate surface area is 69.7 Å². The number of rotatable bonds is 3. The van der Waals surface area contributed by atoms with E-state index in [2.05, 4.69) is 5.32 Å². The minimum atomic E-state index is -1.17. The van der Waals surface area contributed by atoms with Gasteiger partial charge >= 0.3 is 5.97 Å². The van der Waals surface area contributed by atoms with Crippen LogP contribution in [0.15, 0.2) is 0 Å². The summed E-state index contributed by atoms with van der Waals surface area (Å²) in [5.41, 5.74) is -1.17. The zero-order valence-corrected chi connectivity index (χ0v) is 6.96. The standard InChI is InChI=1S/C7H11NO4/c1-4(9)8-7(6(10)11)3-5(7)12-2/h5H,3H2,1-2H3,(H,8,9)(H,10,11). The zero-order valence-electron chi connectivity index (χ0n) is 6.96. The molecule has 0 heterocycles. The Balaban J connectivity index is 2.65. The number of methoxy groups -OCH3 is 1. The Bertz CT molecular complexity index is 227. The second-order valence-corrected chi connectivity index (χ2v) is 2.89. The van der Waals surface area contributed by atoms with E-state index in [0.717, 1.165) is 0 Å². The molecular formula is C7H11NO4. The first-order valence-corrected chi connectivity index (χ1v) is 3.58. The maximum Gasteiger partial charge on any atom is 0.332 e. The predicted octanol–water partition coefficient (Wildman–Crippen LogP) is -0.635. The van der Waals surface area contributed by atoms with Gasteiger partial charge in [-0.3, -0.25) is 4.79 Å². The lowest BCUT2D eigenvalue weighted by molar-refractivity contribution is -0.144. The Morgan fingerprint density at radius 1 is 1.67 bits per heavy atom. The maximum atomic E-state index is 10.7. The van der Waals surface area contributed by atoms with Gasteiger partial charge in [0.1, 0.15) is 0 Å². The summed E-state index contributed by atoms with van der Waals surface area (Å²) in [6.07, 6.45) is -0.0443. The largest absolute Gasteiger partial charge is 0.479 e. The van der Waals surface area contributed by atoms with Gasteiger partial charge in [-0.15, -0.1) is 0 Å². The molecule has 68 valence electrons. The predicted molar refractivity (Wildman–Crippen MR) is 39.6 cm³/mol. The van der Waals surface area contributed by atoms with Crippen LogP contribution < -0.4 is 5.32 Å². The molecule has 5 heteroatoms. The average Bonchev–Trinajstić information content (AvgIpc) is 2.62. The van der Waals surface area contributed by atoms with Crippen molar-refractivity contribution in [2.24, 2.45) is 0 Å². The van der Waals surface area contributed by atoms with Crippen molar-refractivity contribution in [3.8, 4) is 0 Å². The number of amides is 1.